The van der Waals surface area contributed by atoms with Gasteiger partial charge >= 0.3 is 0 Å². The lowest BCUT2D eigenvalue weighted by Crippen LogP contribution is -2.40. The molecule has 0 aromatic heterocycles. The van der Waals surface area contributed by atoms with Crippen LogP contribution in [0.5, 0.6) is 17.2 Å². The van der Waals surface area contributed by atoms with E-state index in [4.69, 9.17) is 14.2 Å². The van der Waals surface area contributed by atoms with Crippen LogP contribution in [-0.4, -0.2) is 43.7 Å². The third-order valence-corrected chi connectivity index (χ3v) is 5.83. The maximum absolute atomic E-state index is 13.2. The summed E-state index contributed by atoms with van der Waals surface area (Å²) in [5.74, 6) is 2.56. The Balaban J connectivity index is 1.59. The molecular formula is C20H27NO4. The molecular weight excluding hydrogens is 318 g/mol. The molecule has 136 valence electrons. The number of likely N-dealkylation sites (tertiary alicyclic amines) is 1. The quantitative estimate of drug-likeness (QED) is 0.839. The van der Waals surface area contributed by atoms with Gasteiger partial charge in [-0.15, -0.1) is 0 Å². The summed E-state index contributed by atoms with van der Waals surface area (Å²) in [5, 5.41) is 0. The van der Waals surface area contributed by atoms with Crippen LogP contribution in [0.4, 0.5) is 0 Å². The standard InChI is InChI=1S/C20H27NO4/c1-23-17-12-15(13-18-19(17)25-11-10-24-18)20(22)21-9-5-8-16(21)14-6-3-2-4-7-14/h12-14,16H,2-11H2,1H3. The van der Waals surface area contributed by atoms with Crippen LogP contribution in [0.25, 0.3) is 0 Å². The van der Waals surface area contributed by atoms with Crippen LogP contribution in [-0.2, 0) is 0 Å². The molecule has 3 aliphatic rings. The fraction of sp³-hybridized carbons (Fsp3) is 0.650. The van der Waals surface area contributed by atoms with E-state index in [9.17, 15) is 4.79 Å². The first-order valence-corrected chi connectivity index (χ1v) is 9.56. The maximum atomic E-state index is 13.2. The Morgan fingerprint density at radius 2 is 1.88 bits per heavy atom. The van der Waals surface area contributed by atoms with E-state index in [0.29, 0.717) is 48.0 Å². The normalized spacial score (nSPS) is 23.6. The zero-order valence-electron chi connectivity index (χ0n) is 15.0. The Bertz CT molecular complexity index is 622. The van der Waals surface area contributed by atoms with Gasteiger partial charge in [0.1, 0.15) is 13.2 Å². The number of methoxy groups -OCH3 is 1. The Morgan fingerprint density at radius 1 is 1.08 bits per heavy atom. The smallest absolute Gasteiger partial charge is 0.254 e. The average Bonchev–Trinajstić information content (AvgIpc) is 3.17. The highest BCUT2D eigenvalue weighted by molar-refractivity contribution is 5.96. The highest BCUT2D eigenvalue weighted by Crippen LogP contribution is 2.41. The SMILES string of the molecule is COc1cc(C(=O)N2CCCC2C2CCCCC2)cc2c1OCCO2. The number of hydrogen-bond donors (Lipinski definition) is 0. The number of benzene rings is 1. The molecule has 0 spiro atoms. The third kappa shape index (κ3) is 3.16. The lowest BCUT2D eigenvalue weighted by Gasteiger charge is -2.34. The third-order valence-electron chi connectivity index (χ3n) is 5.83. The topological polar surface area (TPSA) is 48.0 Å². The second-order valence-electron chi connectivity index (χ2n) is 7.31. The second kappa shape index (κ2) is 7.14. The first-order valence-electron chi connectivity index (χ1n) is 9.56. The van der Waals surface area contributed by atoms with Crippen LogP contribution in [0.1, 0.15) is 55.3 Å². The molecule has 5 heteroatoms. The van der Waals surface area contributed by atoms with Gasteiger partial charge in [0.25, 0.3) is 5.91 Å². The Labute approximate surface area is 149 Å². The fourth-order valence-corrected chi connectivity index (χ4v) is 4.62. The maximum Gasteiger partial charge on any atom is 0.254 e. The monoisotopic (exact) mass is 345 g/mol. The van der Waals surface area contributed by atoms with Gasteiger partial charge in [-0.1, -0.05) is 19.3 Å². The van der Waals surface area contributed by atoms with Crippen molar-refractivity contribution in [3.63, 3.8) is 0 Å². The number of nitrogens with zero attached hydrogens (tertiary/aromatic N) is 1. The van der Waals surface area contributed by atoms with Crippen LogP contribution in [0.2, 0.25) is 0 Å². The molecule has 0 N–H and O–H groups in total. The molecule has 2 fully saturated rings. The lowest BCUT2D eigenvalue weighted by molar-refractivity contribution is 0.0660. The zero-order valence-corrected chi connectivity index (χ0v) is 15.0. The van der Waals surface area contributed by atoms with Crippen molar-refractivity contribution in [1.29, 1.82) is 0 Å². The number of amides is 1. The molecule has 2 heterocycles. The first-order chi connectivity index (χ1) is 12.3. The van der Waals surface area contributed by atoms with E-state index in [0.717, 1.165) is 19.4 Å². The molecule has 5 nitrogen and oxygen atoms in total. The first kappa shape index (κ1) is 16.6. The van der Waals surface area contributed by atoms with E-state index in [1.165, 1.54) is 32.1 Å². The van der Waals surface area contributed by atoms with E-state index < -0.39 is 0 Å². The van der Waals surface area contributed by atoms with Crippen molar-refractivity contribution in [3.8, 4) is 17.2 Å². The van der Waals surface area contributed by atoms with Gasteiger partial charge in [-0.2, -0.15) is 0 Å². The van der Waals surface area contributed by atoms with E-state index in [1.54, 1.807) is 13.2 Å². The van der Waals surface area contributed by atoms with Crippen molar-refractivity contribution >= 4 is 5.91 Å². The molecule has 4 rings (SSSR count). The van der Waals surface area contributed by atoms with E-state index in [1.807, 2.05) is 6.07 Å². The predicted molar refractivity (Wildman–Crippen MR) is 94.6 cm³/mol. The van der Waals surface area contributed by atoms with Crippen molar-refractivity contribution in [2.45, 2.75) is 51.0 Å². The average molecular weight is 345 g/mol. The van der Waals surface area contributed by atoms with Gasteiger partial charge in [-0.25, -0.2) is 0 Å². The molecule has 0 radical (unpaired) electrons. The van der Waals surface area contributed by atoms with Gasteiger partial charge in [-0.3, -0.25) is 4.79 Å². The molecule has 1 aromatic rings. The summed E-state index contributed by atoms with van der Waals surface area (Å²) < 4.78 is 16.8. The van der Waals surface area contributed by atoms with E-state index in [-0.39, 0.29) is 5.91 Å². The van der Waals surface area contributed by atoms with Gasteiger partial charge in [0.05, 0.1) is 7.11 Å². The summed E-state index contributed by atoms with van der Waals surface area (Å²) >= 11 is 0. The Hall–Kier alpha value is -1.91. The van der Waals surface area contributed by atoms with Crippen molar-refractivity contribution < 1.29 is 19.0 Å². The molecule has 0 bridgehead atoms. The van der Waals surface area contributed by atoms with Gasteiger partial charge in [0.15, 0.2) is 11.5 Å². The molecule has 1 amide bonds. The van der Waals surface area contributed by atoms with Crippen LogP contribution >= 0.6 is 0 Å². The van der Waals surface area contributed by atoms with Crippen LogP contribution in [0.3, 0.4) is 0 Å². The molecule has 1 unspecified atom stereocenters. The van der Waals surface area contributed by atoms with Gasteiger partial charge in [0, 0.05) is 18.2 Å². The summed E-state index contributed by atoms with van der Waals surface area (Å²) in [6.45, 7) is 1.87. The van der Waals surface area contributed by atoms with E-state index >= 15 is 0 Å². The second-order valence-corrected chi connectivity index (χ2v) is 7.31. The lowest BCUT2D eigenvalue weighted by atomic mass is 9.83. The molecule has 1 aromatic carbocycles. The minimum absolute atomic E-state index is 0.100. The summed E-state index contributed by atoms with van der Waals surface area (Å²) in [5.41, 5.74) is 0.642. The summed E-state index contributed by atoms with van der Waals surface area (Å²) in [4.78, 5) is 15.3. The number of carbonyl (C=O) groups excluding carboxylic acids is 1. The van der Waals surface area contributed by atoms with E-state index in [2.05, 4.69) is 4.90 Å². The Morgan fingerprint density at radius 3 is 2.68 bits per heavy atom. The number of rotatable bonds is 3. The van der Waals surface area contributed by atoms with Crippen molar-refractivity contribution in [3.05, 3.63) is 17.7 Å². The summed E-state index contributed by atoms with van der Waals surface area (Å²) in [6, 6.07) is 4.01. The fourth-order valence-electron chi connectivity index (χ4n) is 4.62. The van der Waals surface area contributed by atoms with Gasteiger partial charge in [0.2, 0.25) is 5.75 Å². The molecule has 2 aliphatic heterocycles. The van der Waals surface area contributed by atoms with Gasteiger partial charge < -0.3 is 19.1 Å². The number of hydrogen-bond acceptors (Lipinski definition) is 4. The van der Waals surface area contributed by atoms with Crippen LogP contribution < -0.4 is 14.2 Å². The van der Waals surface area contributed by atoms with Crippen molar-refractivity contribution in [1.82, 2.24) is 4.90 Å². The Kier molecular flexibility index (Phi) is 4.73. The molecule has 1 atom stereocenters. The molecule has 1 aliphatic carbocycles. The number of ether oxygens (including phenoxy) is 3. The van der Waals surface area contributed by atoms with Crippen molar-refractivity contribution in [2.24, 2.45) is 5.92 Å². The van der Waals surface area contributed by atoms with Crippen molar-refractivity contribution in [2.75, 3.05) is 26.9 Å². The van der Waals surface area contributed by atoms with Gasteiger partial charge in [-0.05, 0) is 43.7 Å². The van der Waals surface area contributed by atoms with Crippen LogP contribution in [0.15, 0.2) is 12.1 Å². The minimum atomic E-state index is 0.100. The zero-order chi connectivity index (χ0) is 17.2. The summed E-state index contributed by atoms with van der Waals surface area (Å²) in [6.07, 6.45) is 8.73. The molecule has 1 saturated carbocycles. The largest absolute Gasteiger partial charge is 0.493 e. The molecule has 25 heavy (non-hydrogen) atoms. The molecule has 1 saturated heterocycles. The predicted octanol–water partition coefficient (Wildman–Crippen LogP) is 3.65. The highest BCUT2D eigenvalue weighted by atomic mass is 16.6. The number of fused-ring (bicyclic) bond motifs is 1. The number of carbonyl (C=O) groups is 1. The summed E-state index contributed by atoms with van der Waals surface area (Å²) in [7, 11) is 1.60. The van der Waals surface area contributed by atoms with Crippen LogP contribution in [0, 0.1) is 5.92 Å². The highest BCUT2D eigenvalue weighted by Gasteiger charge is 2.36. The minimum Gasteiger partial charge on any atom is -0.493 e.